The van der Waals surface area contributed by atoms with Crippen molar-refractivity contribution in [2.24, 2.45) is 5.92 Å². The Kier molecular flexibility index (Phi) is 6.44. The van der Waals surface area contributed by atoms with Crippen LogP contribution in [0.5, 0.6) is 0 Å². The topological polar surface area (TPSA) is 17.1 Å². The smallest absolute Gasteiger partial charge is 0.136 e. The van der Waals surface area contributed by atoms with Crippen LogP contribution in [0.1, 0.15) is 57.8 Å². The van der Waals surface area contributed by atoms with Gasteiger partial charge in [-0.2, -0.15) is 0 Å². The zero-order chi connectivity index (χ0) is 13.8. The van der Waals surface area contributed by atoms with E-state index < -0.39 is 0 Å². The number of ketones is 1. The molecule has 3 atom stereocenters. The van der Waals surface area contributed by atoms with Crippen LogP contribution in [0.25, 0.3) is 0 Å². The molecule has 0 N–H and O–H groups in total. The van der Waals surface area contributed by atoms with E-state index in [1.165, 1.54) is 37.2 Å². The Morgan fingerprint density at radius 3 is 2.35 bits per heavy atom. The third-order valence-corrected chi connectivity index (χ3v) is 10.1. The van der Waals surface area contributed by atoms with E-state index in [-0.39, 0.29) is 0 Å². The molecule has 0 aromatic heterocycles. The summed E-state index contributed by atoms with van der Waals surface area (Å²) in [6, 6.07) is 0. The number of carbonyl (C=O) groups excluding carboxylic acids is 1. The fourth-order valence-electron chi connectivity index (χ4n) is 3.31. The van der Waals surface area contributed by atoms with Crippen LogP contribution in [0.4, 0.5) is 0 Å². The van der Waals surface area contributed by atoms with Gasteiger partial charge in [0.15, 0.2) is 0 Å². The molecule has 0 spiro atoms. The van der Waals surface area contributed by atoms with Gasteiger partial charge in [0.25, 0.3) is 0 Å². The molecule has 1 unspecified atom stereocenters. The van der Waals surface area contributed by atoms with Gasteiger partial charge in [0, 0.05) is 27.9 Å². The molecule has 3 aliphatic rings. The van der Waals surface area contributed by atoms with Gasteiger partial charge < -0.3 is 0 Å². The van der Waals surface area contributed by atoms with Crippen molar-refractivity contribution < 1.29 is 4.79 Å². The fraction of sp³-hybridized carbons (Fsp3) is 0.933. The molecule has 0 aromatic rings. The molecule has 114 valence electrons. The summed E-state index contributed by atoms with van der Waals surface area (Å²) in [5.74, 6) is 0.953. The monoisotopic (exact) mass is 348 g/mol. The fourth-order valence-corrected chi connectivity index (χ4v) is 8.22. The van der Waals surface area contributed by atoms with E-state index in [0.29, 0.717) is 11.7 Å². The van der Waals surface area contributed by atoms with E-state index >= 15 is 0 Å². The molecular weight excluding hydrogens is 324 g/mol. The van der Waals surface area contributed by atoms with Crippen LogP contribution >= 0.6 is 45.1 Å². The van der Waals surface area contributed by atoms with Gasteiger partial charge in [-0.15, -0.1) is 23.5 Å². The first kappa shape index (κ1) is 15.9. The lowest BCUT2D eigenvalue weighted by Gasteiger charge is -2.21. The minimum absolute atomic E-state index is 0.374. The second-order valence-electron chi connectivity index (χ2n) is 6.08. The summed E-state index contributed by atoms with van der Waals surface area (Å²) in [4.78, 5) is 12.5. The van der Waals surface area contributed by atoms with Crippen molar-refractivity contribution in [3.05, 3.63) is 0 Å². The van der Waals surface area contributed by atoms with Gasteiger partial charge in [-0.1, -0.05) is 47.3 Å². The molecular formula is C15H24OS4. The Balaban J connectivity index is 1.56. The van der Waals surface area contributed by atoms with E-state index in [0.717, 1.165) is 40.8 Å². The van der Waals surface area contributed by atoms with Crippen LogP contribution in [-0.4, -0.2) is 25.9 Å². The Morgan fingerprint density at radius 1 is 0.900 bits per heavy atom. The van der Waals surface area contributed by atoms with Crippen molar-refractivity contribution in [3.63, 3.8) is 0 Å². The normalized spacial score (nSPS) is 37.0. The summed E-state index contributed by atoms with van der Waals surface area (Å²) in [7, 11) is 3.93. The van der Waals surface area contributed by atoms with Crippen molar-refractivity contribution in [2.75, 3.05) is 5.08 Å². The number of fused-ring (bicyclic) bond motifs is 1. The zero-order valence-corrected chi connectivity index (χ0v) is 15.2. The molecule has 0 radical (unpaired) electrons. The largest absolute Gasteiger partial charge is 0.299 e. The highest BCUT2D eigenvalue weighted by Gasteiger charge is 2.33. The summed E-state index contributed by atoms with van der Waals surface area (Å²) < 4.78 is 0.737. The van der Waals surface area contributed by atoms with Crippen LogP contribution in [0.2, 0.25) is 0 Å². The molecule has 0 aromatic carbocycles. The first-order valence-electron chi connectivity index (χ1n) is 7.91. The summed E-state index contributed by atoms with van der Waals surface area (Å²) in [6.45, 7) is 0. The predicted molar refractivity (Wildman–Crippen MR) is 96.6 cm³/mol. The highest BCUT2D eigenvalue weighted by Crippen LogP contribution is 2.56. The van der Waals surface area contributed by atoms with Crippen molar-refractivity contribution in [1.29, 1.82) is 0 Å². The Labute approximate surface area is 139 Å². The van der Waals surface area contributed by atoms with Crippen LogP contribution in [0.15, 0.2) is 0 Å². The lowest BCUT2D eigenvalue weighted by Crippen LogP contribution is -2.21. The van der Waals surface area contributed by atoms with E-state index in [9.17, 15) is 4.79 Å². The van der Waals surface area contributed by atoms with E-state index in [1.54, 1.807) is 0 Å². The predicted octanol–water partition coefficient (Wildman–Crippen LogP) is 5.59. The van der Waals surface area contributed by atoms with Gasteiger partial charge >= 0.3 is 0 Å². The van der Waals surface area contributed by atoms with Gasteiger partial charge in [-0.25, -0.2) is 0 Å². The first-order valence-corrected chi connectivity index (χ1v) is 12.3. The maximum absolute atomic E-state index is 12.5. The molecule has 20 heavy (non-hydrogen) atoms. The molecule has 0 amide bonds. The maximum Gasteiger partial charge on any atom is 0.136 e. The van der Waals surface area contributed by atoms with Gasteiger partial charge in [0.05, 0.1) is 4.58 Å². The molecule has 3 rings (SSSR count). The van der Waals surface area contributed by atoms with Crippen molar-refractivity contribution in [2.45, 2.75) is 72.9 Å². The Morgan fingerprint density at radius 2 is 1.60 bits per heavy atom. The average Bonchev–Trinajstić information content (AvgIpc) is 3.15. The SMILES string of the molecule is O=C1CC[C@H]2SCSC2CCCCCC[C@@H]1CC1SS1. The molecule has 2 aliphatic heterocycles. The van der Waals surface area contributed by atoms with Gasteiger partial charge in [0.2, 0.25) is 0 Å². The van der Waals surface area contributed by atoms with E-state index in [4.69, 9.17) is 0 Å². The quantitative estimate of drug-likeness (QED) is 0.476. The number of thioether (sulfide) groups is 2. The molecule has 5 heteroatoms. The third kappa shape index (κ3) is 4.79. The summed E-state index contributed by atoms with van der Waals surface area (Å²) in [6.07, 6.45) is 11.1. The molecule has 0 bridgehead atoms. The van der Waals surface area contributed by atoms with Crippen LogP contribution in [0, 0.1) is 5.92 Å². The number of carbonyl (C=O) groups is 1. The summed E-state index contributed by atoms with van der Waals surface area (Å²) in [5, 5.41) is 2.84. The maximum atomic E-state index is 12.5. The number of Topliss-reactive ketones (excluding diaryl/α,β-unsaturated/α-hetero) is 1. The highest BCUT2D eigenvalue weighted by molar-refractivity contribution is 8.92. The summed E-state index contributed by atoms with van der Waals surface area (Å²) in [5.41, 5.74) is 0. The minimum atomic E-state index is 0.374. The molecule has 1 aliphatic carbocycles. The molecule has 1 nitrogen and oxygen atoms in total. The van der Waals surface area contributed by atoms with E-state index in [2.05, 4.69) is 23.5 Å². The Bertz CT molecular complexity index is 332. The third-order valence-electron chi connectivity index (χ3n) is 4.61. The molecule has 3 fully saturated rings. The zero-order valence-electron chi connectivity index (χ0n) is 11.9. The van der Waals surface area contributed by atoms with Crippen LogP contribution in [0.3, 0.4) is 0 Å². The van der Waals surface area contributed by atoms with Gasteiger partial charge in [-0.3, -0.25) is 4.79 Å². The molecule has 1 saturated carbocycles. The lowest BCUT2D eigenvalue weighted by molar-refractivity contribution is -0.123. The second kappa shape index (κ2) is 8.07. The lowest BCUT2D eigenvalue weighted by atomic mass is 9.90. The van der Waals surface area contributed by atoms with Crippen molar-refractivity contribution >= 4 is 50.9 Å². The number of hydrogen-bond donors (Lipinski definition) is 0. The molecule has 2 heterocycles. The first-order chi connectivity index (χ1) is 9.83. The van der Waals surface area contributed by atoms with E-state index in [1.807, 2.05) is 21.6 Å². The molecule has 2 saturated heterocycles. The average molecular weight is 349 g/mol. The Hall–Kier alpha value is 1.07. The second-order valence-corrected chi connectivity index (χ2v) is 11.9. The van der Waals surface area contributed by atoms with Gasteiger partial charge in [0.1, 0.15) is 5.78 Å². The van der Waals surface area contributed by atoms with Crippen molar-refractivity contribution in [1.82, 2.24) is 0 Å². The minimum Gasteiger partial charge on any atom is -0.299 e. The summed E-state index contributed by atoms with van der Waals surface area (Å²) >= 11 is 4.25. The standard InChI is InChI=1S/C15H24OS4/c16-12-7-8-14-13(17-10-18-14)6-4-2-1-3-5-11(12)9-15-19-20-15/h11,13-15H,1-10H2/t11-,13?,14-/m1/s1. The highest BCUT2D eigenvalue weighted by atomic mass is 33.2. The van der Waals surface area contributed by atoms with Crippen molar-refractivity contribution in [3.8, 4) is 0 Å². The number of rotatable bonds is 2. The number of hydrogen-bond acceptors (Lipinski definition) is 5. The van der Waals surface area contributed by atoms with Crippen LogP contribution in [-0.2, 0) is 4.79 Å². The van der Waals surface area contributed by atoms with Gasteiger partial charge in [-0.05, 0) is 25.7 Å². The van der Waals surface area contributed by atoms with Crippen LogP contribution < -0.4 is 0 Å².